The van der Waals surface area contributed by atoms with Gasteiger partial charge in [-0.05, 0) is 68.6 Å². The number of phenols is 1. The van der Waals surface area contributed by atoms with Crippen LogP contribution in [0, 0.1) is 11.7 Å². The minimum Gasteiger partial charge on any atom is -0.506 e. The minimum absolute atomic E-state index is 0.000514. The zero-order valence-corrected chi connectivity index (χ0v) is 16.6. The summed E-state index contributed by atoms with van der Waals surface area (Å²) in [6.45, 7) is 1.38. The standard InChI is InChI=1S/C17H14Br2FN3O3/c1-9(16(25)22-14-5-3-2-4-13(14)20)17(26)23-21-8-10-6-11(18)15(24)12(19)7-10/h2-9,24H,1H3,(H,22,25)(H,23,26)/b21-8+. The van der Waals surface area contributed by atoms with Crippen LogP contribution in [-0.2, 0) is 9.59 Å². The predicted molar refractivity (Wildman–Crippen MR) is 103 cm³/mol. The lowest BCUT2D eigenvalue weighted by Crippen LogP contribution is -2.34. The molecule has 2 rings (SSSR count). The molecule has 26 heavy (non-hydrogen) atoms. The molecular weight excluding hydrogens is 473 g/mol. The van der Waals surface area contributed by atoms with Gasteiger partial charge < -0.3 is 10.4 Å². The van der Waals surface area contributed by atoms with Gasteiger partial charge in [-0.1, -0.05) is 12.1 Å². The maximum atomic E-state index is 13.5. The molecule has 136 valence electrons. The average molecular weight is 487 g/mol. The molecule has 0 aliphatic heterocycles. The number of benzene rings is 2. The van der Waals surface area contributed by atoms with Crippen molar-refractivity contribution in [3.05, 3.63) is 56.7 Å². The third-order valence-corrected chi connectivity index (χ3v) is 4.55. The first-order chi connectivity index (χ1) is 12.3. The molecule has 0 bridgehead atoms. The van der Waals surface area contributed by atoms with Crippen LogP contribution >= 0.6 is 31.9 Å². The highest BCUT2D eigenvalue weighted by Crippen LogP contribution is 2.32. The number of hydrogen-bond acceptors (Lipinski definition) is 4. The van der Waals surface area contributed by atoms with E-state index in [2.05, 4.69) is 47.7 Å². The monoisotopic (exact) mass is 485 g/mol. The van der Waals surface area contributed by atoms with Crippen molar-refractivity contribution in [3.8, 4) is 5.75 Å². The van der Waals surface area contributed by atoms with Crippen molar-refractivity contribution < 1.29 is 19.1 Å². The molecule has 2 aromatic carbocycles. The van der Waals surface area contributed by atoms with Crippen molar-refractivity contribution in [3.63, 3.8) is 0 Å². The van der Waals surface area contributed by atoms with Crippen molar-refractivity contribution in [1.82, 2.24) is 5.43 Å². The van der Waals surface area contributed by atoms with Crippen LogP contribution in [0.3, 0.4) is 0 Å². The van der Waals surface area contributed by atoms with Gasteiger partial charge in [0.15, 0.2) is 0 Å². The van der Waals surface area contributed by atoms with E-state index in [0.29, 0.717) is 14.5 Å². The molecule has 0 heterocycles. The summed E-state index contributed by atoms with van der Waals surface area (Å²) in [6.07, 6.45) is 1.36. The van der Waals surface area contributed by atoms with Crippen molar-refractivity contribution >= 4 is 55.6 Å². The summed E-state index contributed by atoms with van der Waals surface area (Å²) in [5.74, 6) is -2.92. The Kier molecular flexibility index (Phi) is 6.87. The van der Waals surface area contributed by atoms with Crippen molar-refractivity contribution in [2.75, 3.05) is 5.32 Å². The van der Waals surface area contributed by atoms with Crippen LogP contribution in [-0.4, -0.2) is 23.1 Å². The molecule has 9 heteroatoms. The number of amides is 2. The van der Waals surface area contributed by atoms with Gasteiger partial charge in [-0.25, -0.2) is 9.82 Å². The second kappa shape index (κ2) is 8.91. The number of nitrogens with zero attached hydrogens (tertiary/aromatic N) is 1. The Morgan fingerprint density at radius 3 is 2.42 bits per heavy atom. The molecule has 0 saturated heterocycles. The zero-order valence-electron chi connectivity index (χ0n) is 13.5. The summed E-state index contributed by atoms with van der Waals surface area (Å²) in [5.41, 5.74) is 2.85. The third-order valence-electron chi connectivity index (χ3n) is 3.35. The molecule has 1 unspecified atom stereocenters. The van der Waals surface area contributed by atoms with Gasteiger partial charge >= 0.3 is 0 Å². The lowest BCUT2D eigenvalue weighted by atomic mass is 10.1. The molecule has 0 aliphatic rings. The van der Waals surface area contributed by atoms with Crippen molar-refractivity contribution in [1.29, 1.82) is 0 Å². The number of nitrogens with one attached hydrogen (secondary N) is 2. The minimum atomic E-state index is -1.08. The van der Waals surface area contributed by atoms with Gasteiger partial charge in [0.2, 0.25) is 5.91 Å². The molecular formula is C17H14Br2FN3O3. The molecule has 3 N–H and O–H groups in total. The van der Waals surface area contributed by atoms with Gasteiger partial charge in [-0.3, -0.25) is 9.59 Å². The van der Waals surface area contributed by atoms with Gasteiger partial charge in [0, 0.05) is 0 Å². The van der Waals surface area contributed by atoms with E-state index in [-0.39, 0.29) is 11.4 Å². The van der Waals surface area contributed by atoms with Gasteiger partial charge in [0.05, 0.1) is 20.8 Å². The Morgan fingerprint density at radius 1 is 1.19 bits per heavy atom. The third kappa shape index (κ3) is 5.12. The highest BCUT2D eigenvalue weighted by atomic mass is 79.9. The van der Waals surface area contributed by atoms with Crippen LogP contribution < -0.4 is 10.7 Å². The molecule has 0 saturated carbocycles. The number of para-hydroxylation sites is 1. The van der Waals surface area contributed by atoms with Gasteiger partial charge in [0.1, 0.15) is 17.5 Å². The number of hydrazone groups is 1. The number of halogens is 3. The van der Waals surface area contributed by atoms with Crippen LogP contribution in [0.4, 0.5) is 10.1 Å². The quantitative estimate of drug-likeness (QED) is 0.341. The Bertz CT molecular complexity index is 851. The maximum Gasteiger partial charge on any atom is 0.252 e. The average Bonchev–Trinajstić information content (AvgIpc) is 2.60. The Labute approximate surface area is 165 Å². The van der Waals surface area contributed by atoms with Gasteiger partial charge in [-0.15, -0.1) is 0 Å². The summed E-state index contributed by atoms with van der Waals surface area (Å²) in [4.78, 5) is 24.0. The summed E-state index contributed by atoms with van der Waals surface area (Å²) in [6, 6.07) is 8.88. The molecule has 0 spiro atoms. The molecule has 0 aliphatic carbocycles. The smallest absolute Gasteiger partial charge is 0.252 e. The Balaban J connectivity index is 1.96. The van der Waals surface area contributed by atoms with Crippen LogP contribution in [0.15, 0.2) is 50.4 Å². The molecule has 2 aromatic rings. The normalized spacial score (nSPS) is 12.0. The second-order valence-electron chi connectivity index (χ2n) is 5.26. The van der Waals surface area contributed by atoms with Crippen molar-refractivity contribution in [2.24, 2.45) is 11.0 Å². The van der Waals surface area contributed by atoms with Crippen LogP contribution in [0.5, 0.6) is 5.75 Å². The van der Waals surface area contributed by atoms with E-state index >= 15 is 0 Å². The summed E-state index contributed by atoms with van der Waals surface area (Å²) >= 11 is 6.37. The van der Waals surface area contributed by atoms with Crippen LogP contribution in [0.25, 0.3) is 0 Å². The summed E-state index contributed by atoms with van der Waals surface area (Å²) in [5, 5.41) is 15.8. The molecule has 0 radical (unpaired) electrons. The SMILES string of the molecule is CC(C(=O)N/N=C/c1cc(Br)c(O)c(Br)c1)C(=O)Nc1ccccc1F. The van der Waals surface area contributed by atoms with E-state index in [9.17, 15) is 19.1 Å². The number of phenolic OH excluding ortho intramolecular Hbond substituents is 1. The topological polar surface area (TPSA) is 90.8 Å². The Hall–Kier alpha value is -2.26. The van der Waals surface area contributed by atoms with Gasteiger partial charge in [-0.2, -0.15) is 5.10 Å². The second-order valence-corrected chi connectivity index (χ2v) is 6.97. The highest BCUT2D eigenvalue weighted by molar-refractivity contribution is 9.11. The van der Waals surface area contributed by atoms with E-state index in [4.69, 9.17) is 0 Å². The van der Waals surface area contributed by atoms with Crippen LogP contribution in [0.1, 0.15) is 12.5 Å². The largest absolute Gasteiger partial charge is 0.506 e. The van der Waals surface area contributed by atoms with E-state index in [0.717, 1.165) is 0 Å². The number of carbonyl (C=O) groups is 2. The zero-order chi connectivity index (χ0) is 19.3. The lowest BCUT2D eigenvalue weighted by Gasteiger charge is -2.11. The van der Waals surface area contributed by atoms with E-state index in [1.807, 2.05) is 0 Å². The number of carbonyl (C=O) groups excluding carboxylic acids is 2. The fourth-order valence-corrected chi connectivity index (χ4v) is 3.07. The fraction of sp³-hybridized carbons (Fsp3) is 0.118. The highest BCUT2D eigenvalue weighted by Gasteiger charge is 2.22. The first-order valence-electron chi connectivity index (χ1n) is 7.36. The van der Waals surface area contributed by atoms with E-state index < -0.39 is 23.5 Å². The van der Waals surface area contributed by atoms with E-state index in [1.54, 1.807) is 18.2 Å². The molecule has 0 fully saturated rings. The fourth-order valence-electron chi connectivity index (χ4n) is 1.85. The van der Waals surface area contributed by atoms with Crippen LogP contribution in [0.2, 0.25) is 0 Å². The first-order valence-corrected chi connectivity index (χ1v) is 8.94. The van der Waals surface area contributed by atoms with E-state index in [1.165, 1.54) is 31.3 Å². The molecule has 2 amide bonds. The first kappa shape index (κ1) is 20.1. The lowest BCUT2D eigenvalue weighted by molar-refractivity contribution is -0.131. The van der Waals surface area contributed by atoms with Gasteiger partial charge in [0.25, 0.3) is 5.91 Å². The molecule has 1 atom stereocenters. The number of rotatable bonds is 5. The predicted octanol–water partition coefficient (Wildman–Crippen LogP) is 3.78. The number of anilines is 1. The number of hydrogen-bond donors (Lipinski definition) is 3. The summed E-state index contributed by atoms with van der Waals surface area (Å²) in [7, 11) is 0. The molecule has 0 aromatic heterocycles. The number of aromatic hydroxyl groups is 1. The molecule has 6 nitrogen and oxygen atoms in total. The van der Waals surface area contributed by atoms with Crippen molar-refractivity contribution in [2.45, 2.75) is 6.92 Å². The Morgan fingerprint density at radius 2 is 1.81 bits per heavy atom. The maximum absolute atomic E-state index is 13.5. The summed E-state index contributed by atoms with van der Waals surface area (Å²) < 4.78 is 14.4.